The molecule has 0 bridgehead atoms. The predicted molar refractivity (Wildman–Crippen MR) is 186 cm³/mol. The van der Waals surface area contributed by atoms with Crippen LogP contribution >= 0.6 is 45.3 Å². The highest BCUT2D eigenvalue weighted by Crippen LogP contribution is 2.46. The Morgan fingerprint density at radius 1 is 0.674 bits per heavy atom. The normalized spacial score (nSPS) is 11.2. The summed E-state index contributed by atoms with van der Waals surface area (Å²) in [5.74, 6) is 0. The number of hydrogen-bond acceptors (Lipinski definition) is 9. The number of thiophene rings is 4. The van der Waals surface area contributed by atoms with E-state index in [0.717, 1.165) is 23.4 Å². The van der Waals surface area contributed by atoms with Crippen LogP contribution in [0.5, 0.6) is 0 Å². The molecule has 43 heavy (non-hydrogen) atoms. The SMILES string of the molecule is CCCCCCON(OCCCCCC)c1ccc(-c2cc3sc(-c4cc5sc(C=C(C#N)C#N)cc5s4)cc3s2)cc1. The van der Waals surface area contributed by atoms with Gasteiger partial charge in [0.15, 0.2) is 0 Å². The molecule has 9 heteroatoms. The van der Waals surface area contributed by atoms with Crippen molar-refractivity contribution in [3.8, 4) is 32.3 Å². The molecule has 0 saturated carbocycles. The summed E-state index contributed by atoms with van der Waals surface area (Å²) < 4.78 is 4.95. The Bertz CT molecular complexity index is 1650. The lowest BCUT2D eigenvalue weighted by molar-refractivity contribution is -0.0914. The first-order chi connectivity index (χ1) is 21.1. The zero-order valence-corrected chi connectivity index (χ0v) is 27.8. The average molecular weight is 646 g/mol. The molecule has 4 heterocycles. The number of anilines is 1. The summed E-state index contributed by atoms with van der Waals surface area (Å²) in [5, 5.41) is 19.7. The lowest BCUT2D eigenvalue weighted by Crippen LogP contribution is -2.25. The molecule has 5 aromatic rings. The van der Waals surface area contributed by atoms with Crippen molar-refractivity contribution in [2.75, 3.05) is 18.4 Å². The summed E-state index contributed by atoms with van der Waals surface area (Å²) in [6.45, 7) is 5.75. The van der Waals surface area contributed by atoms with E-state index in [-0.39, 0.29) is 5.57 Å². The molecule has 0 unspecified atom stereocenters. The minimum atomic E-state index is 0.132. The monoisotopic (exact) mass is 645 g/mol. The van der Waals surface area contributed by atoms with Gasteiger partial charge in [0, 0.05) is 38.3 Å². The highest BCUT2D eigenvalue weighted by Gasteiger charge is 2.15. The Labute approximate surface area is 269 Å². The summed E-state index contributed by atoms with van der Waals surface area (Å²) >= 11 is 7.01. The fourth-order valence-electron chi connectivity index (χ4n) is 4.66. The maximum atomic E-state index is 9.04. The van der Waals surface area contributed by atoms with Gasteiger partial charge in [-0.2, -0.15) is 10.5 Å². The first kappa shape index (κ1) is 31.4. The van der Waals surface area contributed by atoms with E-state index in [2.05, 4.69) is 62.4 Å². The molecule has 222 valence electrons. The van der Waals surface area contributed by atoms with E-state index in [9.17, 15) is 0 Å². The zero-order chi connectivity index (χ0) is 30.0. The van der Waals surface area contributed by atoms with E-state index >= 15 is 0 Å². The number of nitriles is 2. The van der Waals surface area contributed by atoms with Crippen LogP contribution in [-0.2, 0) is 9.68 Å². The quantitative estimate of drug-likeness (QED) is 0.0606. The van der Waals surface area contributed by atoms with Gasteiger partial charge in [0.1, 0.15) is 17.7 Å². The second-order valence-electron chi connectivity index (χ2n) is 10.3. The van der Waals surface area contributed by atoms with E-state index in [1.54, 1.807) is 34.0 Å². The molecule has 0 aliphatic carbocycles. The van der Waals surface area contributed by atoms with E-state index in [4.69, 9.17) is 20.2 Å². The molecule has 0 radical (unpaired) electrons. The van der Waals surface area contributed by atoms with Crippen molar-refractivity contribution in [2.45, 2.75) is 65.2 Å². The Hall–Kier alpha value is -3.02. The highest BCUT2D eigenvalue weighted by molar-refractivity contribution is 7.34. The lowest BCUT2D eigenvalue weighted by Gasteiger charge is -2.23. The van der Waals surface area contributed by atoms with Crippen LogP contribution in [0.2, 0.25) is 0 Å². The second kappa shape index (κ2) is 15.6. The third-order valence-electron chi connectivity index (χ3n) is 6.98. The maximum absolute atomic E-state index is 9.04. The van der Waals surface area contributed by atoms with Crippen LogP contribution in [0.4, 0.5) is 5.69 Å². The molecule has 0 aliphatic heterocycles. The van der Waals surface area contributed by atoms with Crippen molar-refractivity contribution in [1.29, 1.82) is 10.5 Å². The van der Waals surface area contributed by atoms with Gasteiger partial charge < -0.3 is 0 Å². The lowest BCUT2D eigenvalue weighted by atomic mass is 10.2. The molecule has 0 N–H and O–H groups in total. The number of nitrogens with zero attached hydrogens (tertiary/aromatic N) is 3. The van der Waals surface area contributed by atoms with Crippen molar-refractivity contribution in [2.24, 2.45) is 0 Å². The van der Waals surface area contributed by atoms with Crippen molar-refractivity contribution in [3.63, 3.8) is 0 Å². The second-order valence-corrected chi connectivity index (χ2v) is 14.7. The van der Waals surface area contributed by atoms with Crippen molar-refractivity contribution in [3.05, 3.63) is 59.0 Å². The third kappa shape index (κ3) is 8.13. The summed E-state index contributed by atoms with van der Waals surface area (Å²) in [7, 11) is 0. The van der Waals surface area contributed by atoms with Crippen molar-refractivity contribution >= 4 is 75.9 Å². The van der Waals surface area contributed by atoms with E-state index in [1.165, 1.54) is 77.5 Å². The van der Waals surface area contributed by atoms with Gasteiger partial charge in [-0.15, -0.1) is 50.6 Å². The summed E-state index contributed by atoms with van der Waals surface area (Å²) in [6.07, 6.45) is 11.0. The molecule has 0 atom stereocenters. The molecule has 0 aliphatic rings. The topological polar surface area (TPSA) is 69.3 Å². The third-order valence-corrected chi connectivity index (χ3v) is 11.8. The maximum Gasteiger partial charge on any atom is 0.131 e. The van der Waals surface area contributed by atoms with Crippen molar-refractivity contribution < 1.29 is 9.68 Å². The summed E-state index contributed by atoms with van der Waals surface area (Å²) in [6, 6.07) is 21.2. The molecule has 5 rings (SSSR count). The first-order valence-corrected chi connectivity index (χ1v) is 18.1. The van der Waals surface area contributed by atoms with Crippen LogP contribution in [0.25, 0.3) is 45.1 Å². The molecule has 1 aromatic carbocycles. The summed E-state index contributed by atoms with van der Waals surface area (Å²) in [5.41, 5.74) is 2.24. The van der Waals surface area contributed by atoms with Gasteiger partial charge >= 0.3 is 0 Å². The largest absolute Gasteiger partial charge is 0.249 e. The van der Waals surface area contributed by atoms with Crippen LogP contribution in [-0.4, -0.2) is 13.2 Å². The molecule has 0 saturated heterocycles. The number of rotatable bonds is 16. The van der Waals surface area contributed by atoms with E-state index in [0.29, 0.717) is 13.2 Å². The van der Waals surface area contributed by atoms with Crippen LogP contribution in [0.1, 0.15) is 70.1 Å². The van der Waals surface area contributed by atoms with E-state index < -0.39 is 0 Å². The minimum Gasteiger partial charge on any atom is -0.249 e. The van der Waals surface area contributed by atoms with Crippen LogP contribution in [0.3, 0.4) is 0 Å². The van der Waals surface area contributed by atoms with Gasteiger partial charge in [-0.25, -0.2) is 9.68 Å². The fourth-order valence-corrected chi connectivity index (χ4v) is 9.49. The number of fused-ring (bicyclic) bond motifs is 2. The Balaban J connectivity index is 1.26. The van der Waals surface area contributed by atoms with Crippen LogP contribution in [0, 0.1) is 22.7 Å². The minimum absolute atomic E-state index is 0.132. The van der Waals surface area contributed by atoms with Crippen LogP contribution in [0.15, 0.2) is 54.1 Å². The fraction of sp³-hybridized carbons (Fsp3) is 0.353. The van der Waals surface area contributed by atoms with Crippen LogP contribution < -0.4 is 5.23 Å². The van der Waals surface area contributed by atoms with Gasteiger partial charge in [0.2, 0.25) is 0 Å². The number of hydrogen-bond donors (Lipinski definition) is 0. The first-order valence-electron chi connectivity index (χ1n) is 14.9. The Kier molecular flexibility index (Phi) is 11.4. The molecular weight excluding hydrogens is 611 g/mol. The Morgan fingerprint density at radius 2 is 1.19 bits per heavy atom. The summed E-state index contributed by atoms with van der Waals surface area (Å²) in [4.78, 5) is 16.8. The average Bonchev–Trinajstić information content (AvgIpc) is 3.78. The van der Waals surface area contributed by atoms with Gasteiger partial charge in [-0.05, 0) is 60.9 Å². The van der Waals surface area contributed by atoms with Gasteiger partial charge in [0.25, 0.3) is 0 Å². The number of benzene rings is 1. The van der Waals surface area contributed by atoms with Gasteiger partial charge in [-0.1, -0.05) is 64.5 Å². The predicted octanol–water partition coefficient (Wildman–Crippen LogP) is 11.8. The van der Waals surface area contributed by atoms with Gasteiger partial charge in [-0.3, -0.25) is 0 Å². The number of unbranched alkanes of at least 4 members (excludes halogenated alkanes) is 6. The molecule has 0 fully saturated rings. The zero-order valence-electron chi connectivity index (χ0n) is 24.6. The smallest absolute Gasteiger partial charge is 0.131 e. The standard InChI is InChI=1S/C34H35N3O2S4/c1-3-5-7-9-15-38-37(39-16-10-8-6-4-2)26-13-11-25(12-14-26)28-19-31-32(41-28)21-34(43-31)33-20-30-29(42-33)18-27(40-30)17-24(22-35)23-36/h11-14,17-21H,3-10,15-16H2,1-2H3. The van der Waals surface area contributed by atoms with Crippen molar-refractivity contribution in [1.82, 2.24) is 0 Å². The number of allylic oxidation sites excluding steroid dienone is 1. The molecule has 0 spiro atoms. The van der Waals surface area contributed by atoms with E-state index in [1.807, 2.05) is 34.8 Å². The molecule has 5 nitrogen and oxygen atoms in total. The molecule has 4 aromatic heterocycles. The highest BCUT2D eigenvalue weighted by atomic mass is 32.1. The Morgan fingerprint density at radius 3 is 1.72 bits per heavy atom. The van der Waals surface area contributed by atoms with Gasteiger partial charge in [0.05, 0.1) is 18.9 Å². The molecular formula is C34H35N3O2S4. The molecule has 0 amide bonds.